The van der Waals surface area contributed by atoms with E-state index in [0.717, 1.165) is 20.3 Å². The summed E-state index contributed by atoms with van der Waals surface area (Å²) in [4.78, 5) is 23.3. The van der Waals surface area contributed by atoms with Crippen LogP contribution in [0.4, 0.5) is 5.88 Å². The van der Waals surface area contributed by atoms with E-state index in [2.05, 4.69) is 26.5 Å². The number of furan rings is 1. The summed E-state index contributed by atoms with van der Waals surface area (Å²) in [6.07, 6.45) is 1.48. The van der Waals surface area contributed by atoms with Crippen molar-refractivity contribution in [3.05, 3.63) is 48.3 Å². The van der Waals surface area contributed by atoms with Crippen LogP contribution in [-0.4, -0.2) is 17.0 Å². The van der Waals surface area contributed by atoms with Gasteiger partial charge in [-0.15, -0.1) is 11.3 Å². The molecule has 0 unspecified atom stereocenters. The first kappa shape index (κ1) is 14.4. The molecule has 0 spiro atoms. The van der Waals surface area contributed by atoms with Crippen molar-refractivity contribution in [1.82, 2.24) is 5.43 Å². The minimum absolute atomic E-state index is 0.169. The first-order chi connectivity index (χ1) is 9.47. The highest BCUT2D eigenvalue weighted by atomic mass is 79.9. The van der Waals surface area contributed by atoms with Crippen molar-refractivity contribution >= 4 is 45.3 Å². The molecule has 0 aliphatic carbocycles. The lowest BCUT2D eigenvalue weighted by Gasteiger charge is -1.93. The van der Waals surface area contributed by atoms with Gasteiger partial charge in [0.1, 0.15) is 4.92 Å². The summed E-state index contributed by atoms with van der Waals surface area (Å²) in [5.41, 5.74) is 2.23. The van der Waals surface area contributed by atoms with Gasteiger partial charge in [0.2, 0.25) is 5.76 Å². The first-order valence-electron chi connectivity index (χ1n) is 5.31. The second kappa shape index (κ2) is 5.97. The molecule has 0 aliphatic heterocycles. The van der Waals surface area contributed by atoms with Gasteiger partial charge in [0, 0.05) is 14.2 Å². The summed E-state index contributed by atoms with van der Waals surface area (Å²) in [6, 6.07) is 4.20. The number of carbonyl (C=O) groups is 1. The van der Waals surface area contributed by atoms with Crippen LogP contribution in [0.15, 0.2) is 32.2 Å². The van der Waals surface area contributed by atoms with Crippen molar-refractivity contribution in [2.24, 2.45) is 5.10 Å². The van der Waals surface area contributed by atoms with Crippen LogP contribution in [0.1, 0.15) is 20.3 Å². The normalized spacial score (nSPS) is 10.9. The number of nitrogens with zero attached hydrogens (tertiary/aromatic N) is 2. The van der Waals surface area contributed by atoms with E-state index >= 15 is 0 Å². The standard InChI is InChI=1S/C11H8BrN3O4S/c1-6-8(12)4-7(20-6)5-13-14-11(16)9-2-3-10(19-9)15(17)18/h2-5H,1H3,(H,14,16)/b13-5-. The zero-order chi connectivity index (χ0) is 14.7. The van der Waals surface area contributed by atoms with Gasteiger partial charge in [-0.1, -0.05) is 0 Å². The van der Waals surface area contributed by atoms with E-state index in [4.69, 9.17) is 4.42 Å². The van der Waals surface area contributed by atoms with Crippen LogP contribution in [0.2, 0.25) is 0 Å². The van der Waals surface area contributed by atoms with Gasteiger partial charge >= 0.3 is 11.8 Å². The molecule has 2 aromatic heterocycles. The summed E-state index contributed by atoms with van der Waals surface area (Å²) < 4.78 is 5.71. The molecule has 2 heterocycles. The third kappa shape index (κ3) is 3.31. The minimum Gasteiger partial charge on any atom is -0.395 e. The second-order valence-corrected chi connectivity index (χ2v) is 5.79. The van der Waals surface area contributed by atoms with Crippen LogP contribution in [-0.2, 0) is 0 Å². The molecule has 0 atom stereocenters. The Labute approximate surface area is 125 Å². The van der Waals surface area contributed by atoms with Crippen LogP contribution >= 0.6 is 27.3 Å². The number of nitro groups is 1. The maximum atomic E-state index is 11.6. The van der Waals surface area contributed by atoms with Crippen LogP contribution in [0.5, 0.6) is 0 Å². The summed E-state index contributed by atoms with van der Waals surface area (Å²) in [5, 5.41) is 14.2. The van der Waals surface area contributed by atoms with Crippen molar-refractivity contribution in [1.29, 1.82) is 0 Å². The number of aryl methyl sites for hydroxylation is 1. The molecule has 0 aromatic carbocycles. The fourth-order valence-corrected chi connectivity index (χ4v) is 2.74. The van der Waals surface area contributed by atoms with Gasteiger partial charge in [-0.2, -0.15) is 5.10 Å². The van der Waals surface area contributed by atoms with Crippen LogP contribution in [0.3, 0.4) is 0 Å². The maximum Gasteiger partial charge on any atom is 0.433 e. The number of nitrogens with one attached hydrogen (secondary N) is 1. The molecule has 2 rings (SSSR count). The SMILES string of the molecule is Cc1sc(/C=N\NC(=O)c2ccc([N+](=O)[O-])o2)cc1Br. The third-order valence-corrected chi connectivity index (χ3v) is 4.30. The fourth-order valence-electron chi connectivity index (χ4n) is 1.30. The van der Waals surface area contributed by atoms with Crippen LogP contribution < -0.4 is 5.43 Å². The Kier molecular flexibility index (Phi) is 4.30. The van der Waals surface area contributed by atoms with E-state index in [1.54, 1.807) is 0 Å². The van der Waals surface area contributed by atoms with Crippen LogP contribution in [0, 0.1) is 17.0 Å². The Bertz CT molecular complexity index is 672. The van der Waals surface area contributed by atoms with Gasteiger partial charge in [-0.3, -0.25) is 14.9 Å². The molecular formula is C11H8BrN3O4S. The van der Waals surface area contributed by atoms with Gasteiger partial charge in [0.15, 0.2) is 0 Å². The topological polar surface area (TPSA) is 97.7 Å². The zero-order valence-corrected chi connectivity index (χ0v) is 12.5. The fraction of sp³-hybridized carbons (Fsp3) is 0.0909. The molecular weight excluding hydrogens is 350 g/mol. The highest BCUT2D eigenvalue weighted by Crippen LogP contribution is 2.24. The Morgan fingerprint density at radius 2 is 2.35 bits per heavy atom. The predicted octanol–water partition coefficient (Wildman–Crippen LogP) is 3.08. The molecule has 2 aromatic rings. The van der Waals surface area contributed by atoms with Gasteiger partial charge < -0.3 is 4.42 Å². The summed E-state index contributed by atoms with van der Waals surface area (Å²) >= 11 is 4.88. The van der Waals surface area contributed by atoms with Crippen molar-refractivity contribution in [3.63, 3.8) is 0 Å². The third-order valence-electron chi connectivity index (χ3n) is 2.23. The quantitative estimate of drug-likeness (QED) is 0.516. The lowest BCUT2D eigenvalue weighted by Crippen LogP contribution is -2.16. The molecule has 0 radical (unpaired) electrons. The van der Waals surface area contributed by atoms with Crippen molar-refractivity contribution in [2.75, 3.05) is 0 Å². The van der Waals surface area contributed by atoms with E-state index in [1.807, 2.05) is 13.0 Å². The molecule has 104 valence electrons. The average Bonchev–Trinajstić information content (AvgIpc) is 2.97. The predicted molar refractivity (Wildman–Crippen MR) is 77.2 cm³/mol. The number of carbonyl (C=O) groups excluding carboxylic acids is 1. The largest absolute Gasteiger partial charge is 0.433 e. The Morgan fingerprint density at radius 3 is 2.90 bits per heavy atom. The monoisotopic (exact) mass is 357 g/mol. The lowest BCUT2D eigenvalue weighted by atomic mass is 10.4. The highest BCUT2D eigenvalue weighted by molar-refractivity contribution is 9.10. The van der Waals surface area contributed by atoms with Gasteiger partial charge in [0.05, 0.1) is 12.3 Å². The minimum atomic E-state index is -0.716. The Balaban J connectivity index is 1.99. The molecule has 0 aliphatic rings. The summed E-state index contributed by atoms with van der Waals surface area (Å²) in [6.45, 7) is 1.95. The second-order valence-electron chi connectivity index (χ2n) is 3.65. The summed E-state index contributed by atoms with van der Waals surface area (Å²) in [7, 11) is 0. The molecule has 1 amide bonds. The van der Waals surface area contributed by atoms with E-state index in [0.29, 0.717) is 0 Å². The Hall–Kier alpha value is -2.00. The molecule has 7 nitrogen and oxygen atoms in total. The average molecular weight is 358 g/mol. The number of amides is 1. The van der Waals surface area contributed by atoms with Crippen molar-refractivity contribution in [2.45, 2.75) is 6.92 Å². The molecule has 0 fully saturated rings. The number of thiophene rings is 1. The lowest BCUT2D eigenvalue weighted by molar-refractivity contribution is -0.402. The molecule has 0 bridgehead atoms. The van der Waals surface area contributed by atoms with E-state index in [1.165, 1.54) is 23.6 Å². The van der Waals surface area contributed by atoms with Gasteiger partial charge in [-0.25, -0.2) is 5.43 Å². The number of hydrazone groups is 1. The maximum absolute atomic E-state index is 11.6. The molecule has 1 N–H and O–H groups in total. The van der Waals surface area contributed by atoms with Gasteiger partial charge in [0.25, 0.3) is 0 Å². The van der Waals surface area contributed by atoms with Crippen molar-refractivity contribution in [3.8, 4) is 0 Å². The van der Waals surface area contributed by atoms with E-state index in [9.17, 15) is 14.9 Å². The number of rotatable bonds is 4. The van der Waals surface area contributed by atoms with Gasteiger partial charge in [-0.05, 0) is 35.0 Å². The number of hydrogen-bond acceptors (Lipinski definition) is 6. The Morgan fingerprint density at radius 1 is 1.60 bits per heavy atom. The first-order valence-corrected chi connectivity index (χ1v) is 6.92. The van der Waals surface area contributed by atoms with E-state index < -0.39 is 16.7 Å². The number of halogens is 1. The molecule has 0 saturated carbocycles. The van der Waals surface area contributed by atoms with Crippen LogP contribution in [0.25, 0.3) is 0 Å². The summed E-state index contributed by atoms with van der Waals surface area (Å²) in [5.74, 6) is -1.31. The smallest absolute Gasteiger partial charge is 0.395 e. The zero-order valence-electron chi connectivity index (χ0n) is 10.1. The van der Waals surface area contributed by atoms with E-state index in [-0.39, 0.29) is 5.76 Å². The van der Waals surface area contributed by atoms with Crippen molar-refractivity contribution < 1.29 is 14.1 Å². The highest BCUT2D eigenvalue weighted by Gasteiger charge is 2.16. The molecule has 9 heteroatoms. The molecule has 0 saturated heterocycles. The molecule has 20 heavy (non-hydrogen) atoms. The number of hydrogen-bond donors (Lipinski definition) is 1.